The first kappa shape index (κ1) is 23.6. The number of ether oxygens (including phenoxy) is 3. The van der Waals surface area contributed by atoms with Crippen molar-refractivity contribution in [3.63, 3.8) is 0 Å². The number of nitrogens with zero attached hydrogens (tertiary/aromatic N) is 1. The van der Waals surface area contributed by atoms with E-state index in [1.54, 1.807) is 14.2 Å². The van der Waals surface area contributed by atoms with E-state index < -0.39 is 12.0 Å². The lowest BCUT2D eigenvalue weighted by atomic mass is 9.91. The number of rotatable bonds is 9. The summed E-state index contributed by atoms with van der Waals surface area (Å²) >= 11 is 0. The van der Waals surface area contributed by atoms with Crippen molar-refractivity contribution in [2.24, 2.45) is 0 Å². The first-order valence-corrected chi connectivity index (χ1v) is 11.6. The Labute approximate surface area is 200 Å². The first-order valence-electron chi connectivity index (χ1n) is 11.6. The summed E-state index contributed by atoms with van der Waals surface area (Å²) in [5.74, 6) is 1.18. The van der Waals surface area contributed by atoms with Gasteiger partial charge in [-0.1, -0.05) is 61.0 Å². The standard InChI is InChI=1S/C28H31NO5/c1-32-24-14-7-6-12-22(24)27(29-17-9-8-13-23(29)28(30)31)21-15-16-25(26(18-21)33-2)34-19-20-10-4-3-5-11-20/h3-7,10-12,14-16,18,23,27H,8-9,13,17,19H2,1-2H3,(H,30,31). The molecule has 6 nitrogen and oxygen atoms in total. The molecule has 178 valence electrons. The highest BCUT2D eigenvalue weighted by atomic mass is 16.5. The second kappa shape index (κ2) is 11.1. The van der Waals surface area contributed by atoms with Crippen LogP contribution in [0.3, 0.4) is 0 Å². The molecule has 2 atom stereocenters. The Balaban J connectivity index is 1.73. The Bertz CT molecular complexity index is 1100. The lowest BCUT2D eigenvalue weighted by molar-refractivity contribution is -0.145. The van der Waals surface area contributed by atoms with Gasteiger partial charge in [-0.05, 0) is 48.7 Å². The third kappa shape index (κ3) is 5.18. The zero-order valence-corrected chi connectivity index (χ0v) is 19.6. The van der Waals surface area contributed by atoms with Gasteiger partial charge in [-0.25, -0.2) is 0 Å². The molecule has 1 aliphatic rings. The molecule has 0 spiro atoms. The van der Waals surface area contributed by atoms with E-state index in [4.69, 9.17) is 14.2 Å². The molecule has 6 heteroatoms. The van der Waals surface area contributed by atoms with Crippen molar-refractivity contribution in [3.05, 3.63) is 89.5 Å². The minimum absolute atomic E-state index is 0.297. The summed E-state index contributed by atoms with van der Waals surface area (Å²) in [6, 6.07) is 22.7. The maximum atomic E-state index is 12.2. The molecule has 1 N–H and O–H groups in total. The van der Waals surface area contributed by atoms with Gasteiger partial charge in [0.05, 0.1) is 20.3 Å². The number of hydrogen-bond donors (Lipinski definition) is 1. The summed E-state index contributed by atoms with van der Waals surface area (Å²) in [5, 5.41) is 9.98. The lowest BCUT2D eigenvalue weighted by Gasteiger charge is -2.40. The van der Waals surface area contributed by atoms with Crippen LogP contribution in [0.2, 0.25) is 0 Å². The molecule has 3 aromatic rings. The third-order valence-electron chi connectivity index (χ3n) is 6.34. The summed E-state index contributed by atoms with van der Waals surface area (Å²) < 4.78 is 17.4. The van der Waals surface area contributed by atoms with Crippen LogP contribution >= 0.6 is 0 Å². The number of para-hydroxylation sites is 1. The smallest absolute Gasteiger partial charge is 0.320 e. The van der Waals surface area contributed by atoms with Crippen LogP contribution in [0.25, 0.3) is 0 Å². The van der Waals surface area contributed by atoms with Crippen molar-refractivity contribution in [2.45, 2.75) is 38.0 Å². The fraction of sp³-hybridized carbons (Fsp3) is 0.321. The summed E-state index contributed by atoms with van der Waals surface area (Å²) in [6.45, 7) is 1.12. The molecule has 1 aliphatic heterocycles. The van der Waals surface area contributed by atoms with Crippen molar-refractivity contribution < 1.29 is 24.1 Å². The van der Waals surface area contributed by atoms with E-state index in [2.05, 4.69) is 4.90 Å². The molecule has 1 fully saturated rings. The van der Waals surface area contributed by atoms with E-state index >= 15 is 0 Å². The number of benzene rings is 3. The molecule has 1 heterocycles. The number of hydrogen-bond acceptors (Lipinski definition) is 5. The quantitative estimate of drug-likeness (QED) is 0.466. The molecular formula is C28H31NO5. The van der Waals surface area contributed by atoms with Crippen LogP contribution in [0.15, 0.2) is 72.8 Å². The number of aliphatic carboxylic acids is 1. The molecule has 0 amide bonds. The maximum absolute atomic E-state index is 12.2. The third-order valence-corrected chi connectivity index (χ3v) is 6.34. The molecule has 0 bridgehead atoms. The average Bonchev–Trinajstić information content (AvgIpc) is 2.89. The average molecular weight is 462 g/mol. The molecule has 34 heavy (non-hydrogen) atoms. The van der Waals surface area contributed by atoms with Crippen LogP contribution in [0.5, 0.6) is 17.2 Å². The van der Waals surface area contributed by atoms with Gasteiger partial charge in [-0.2, -0.15) is 0 Å². The van der Waals surface area contributed by atoms with E-state index in [0.717, 1.165) is 35.3 Å². The summed E-state index contributed by atoms with van der Waals surface area (Å²) in [7, 11) is 3.26. The van der Waals surface area contributed by atoms with Crippen LogP contribution in [0.1, 0.15) is 42.0 Å². The number of carboxylic acid groups (broad SMARTS) is 1. The van der Waals surface area contributed by atoms with E-state index in [9.17, 15) is 9.90 Å². The molecule has 0 radical (unpaired) electrons. The van der Waals surface area contributed by atoms with Gasteiger partial charge in [0, 0.05) is 5.56 Å². The Morgan fingerprint density at radius 3 is 2.41 bits per heavy atom. The predicted molar refractivity (Wildman–Crippen MR) is 131 cm³/mol. The Morgan fingerprint density at radius 1 is 0.941 bits per heavy atom. The highest BCUT2D eigenvalue weighted by Gasteiger charge is 2.36. The highest BCUT2D eigenvalue weighted by Crippen LogP contribution is 2.41. The second-order valence-electron chi connectivity index (χ2n) is 8.42. The molecule has 0 aliphatic carbocycles. The van der Waals surface area contributed by atoms with Crippen molar-refractivity contribution >= 4 is 5.97 Å². The van der Waals surface area contributed by atoms with Gasteiger partial charge in [0.25, 0.3) is 0 Å². The summed E-state index contributed by atoms with van der Waals surface area (Å²) in [5.41, 5.74) is 2.93. The largest absolute Gasteiger partial charge is 0.496 e. The maximum Gasteiger partial charge on any atom is 0.320 e. The number of carbonyl (C=O) groups is 1. The SMILES string of the molecule is COc1cc(C(c2ccccc2OC)N2CCCCC2C(=O)O)ccc1OCc1ccccc1. The van der Waals surface area contributed by atoms with Crippen LogP contribution in [0.4, 0.5) is 0 Å². The van der Waals surface area contributed by atoms with Crippen LogP contribution in [-0.2, 0) is 11.4 Å². The molecular weight excluding hydrogens is 430 g/mol. The van der Waals surface area contributed by atoms with Crippen molar-refractivity contribution in [2.75, 3.05) is 20.8 Å². The molecule has 4 rings (SSSR count). The van der Waals surface area contributed by atoms with Gasteiger partial charge in [0.2, 0.25) is 0 Å². The van der Waals surface area contributed by atoms with E-state index in [1.165, 1.54) is 0 Å². The van der Waals surface area contributed by atoms with Crippen molar-refractivity contribution in [1.82, 2.24) is 4.90 Å². The molecule has 2 unspecified atom stereocenters. The topological polar surface area (TPSA) is 68.2 Å². The molecule has 0 aromatic heterocycles. The number of methoxy groups -OCH3 is 2. The summed E-state index contributed by atoms with van der Waals surface area (Å²) in [6.07, 6.45) is 2.48. The highest BCUT2D eigenvalue weighted by molar-refractivity contribution is 5.74. The Hall–Kier alpha value is -3.51. The minimum atomic E-state index is -0.797. The summed E-state index contributed by atoms with van der Waals surface area (Å²) in [4.78, 5) is 14.2. The number of likely N-dealkylation sites (tertiary alicyclic amines) is 1. The Kier molecular flexibility index (Phi) is 7.70. The monoisotopic (exact) mass is 461 g/mol. The Morgan fingerprint density at radius 2 is 1.68 bits per heavy atom. The normalized spacial score (nSPS) is 17.1. The number of piperidine rings is 1. The predicted octanol–water partition coefficient (Wildman–Crippen LogP) is 5.31. The van der Waals surface area contributed by atoms with Crippen molar-refractivity contribution in [3.8, 4) is 17.2 Å². The minimum Gasteiger partial charge on any atom is -0.496 e. The lowest BCUT2D eigenvalue weighted by Crippen LogP contribution is -2.46. The van der Waals surface area contributed by atoms with Crippen LogP contribution in [-0.4, -0.2) is 42.8 Å². The van der Waals surface area contributed by atoms with Crippen molar-refractivity contribution in [1.29, 1.82) is 0 Å². The zero-order valence-electron chi connectivity index (χ0n) is 19.6. The van der Waals surface area contributed by atoms with Gasteiger partial charge in [-0.15, -0.1) is 0 Å². The second-order valence-corrected chi connectivity index (χ2v) is 8.42. The van der Waals surface area contributed by atoms with E-state index in [1.807, 2.05) is 72.8 Å². The first-order chi connectivity index (χ1) is 16.6. The molecule has 3 aromatic carbocycles. The van der Waals surface area contributed by atoms with Gasteiger partial charge < -0.3 is 19.3 Å². The van der Waals surface area contributed by atoms with Gasteiger partial charge in [0.1, 0.15) is 18.4 Å². The van der Waals surface area contributed by atoms with Gasteiger partial charge in [-0.3, -0.25) is 9.69 Å². The van der Waals surface area contributed by atoms with Gasteiger partial charge in [0.15, 0.2) is 11.5 Å². The van der Waals surface area contributed by atoms with Crippen LogP contribution in [0, 0.1) is 0 Å². The number of carboxylic acids is 1. The van der Waals surface area contributed by atoms with Gasteiger partial charge >= 0.3 is 5.97 Å². The zero-order chi connectivity index (χ0) is 23.9. The fourth-order valence-electron chi connectivity index (χ4n) is 4.68. The van der Waals surface area contributed by atoms with E-state index in [0.29, 0.717) is 31.1 Å². The van der Waals surface area contributed by atoms with Crippen LogP contribution < -0.4 is 14.2 Å². The molecule has 1 saturated heterocycles. The molecule has 0 saturated carbocycles. The van der Waals surface area contributed by atoms with E-state index in [-0.39, 0.29) is 6.04 Å². The fourth-order valence-corrected chi connectivity index (χ4v) is 4.68.